The van der Waals surface area contributed by atoms with Crippen LogP contribution >= 0.6 is 22.6 Å². The first kappa shape index (κ1) is 29.9. The molecule has 8 nitrogen and oxygen atoms in total. The van der Waals surface area contributed by atoms with Crippen LogP contribution in [0.15, 0.2) is 0 Å². The first-order valence-corrected chi connectivity index (χ1v) is 13.9. The molecule has 0 aliphatic carbocycles. The lowest BCUT2D eigenvalue weighted by molar-refractivity contribution is -0.155. The average molecular weight is 643 g/mol. The number of primary amides is 1. The number of carboxylic acid groups (broad SMARTS) is 1. The zero-order chi connectivity index (χ0) is 30.0. The Morgan fingerprint density at radius 3 is 1.47 bits per heavy atom. The van der Waals surface area contributed by atoms with E-state index in [1.165, 1.54) is 0 Å². The van der Waals surface area contributed by atoms with E-state index in [1.54, 1.807) is 13.8 Å². The van der Waals surface area contributed by atoms with Gasteiger partial charge in [-0.2, -0.15) is 0 Å². The van der Waals surface area contributed by atoms with Crippen molar-refractivity contribution in [3.63, 3.8) is 0 Å². The molecule has 2 atom stereocenters. The number of nitrogens with two attached hydrogens (primary N) is 1. The summed E-state index contributed by atoms with van der Waals surface area (Å²) in [6.07, 6.45) is 2.25. The first-order valence-electron chi connectivity index (χ1n) is 13.1. The molecule has 5 N–H and O–H groups in total. The Hall–Kier alpha value is -2.69. The Labute approximate surface area is 240 Å². The van der Waals surface area contributed by atoms with Crippen molar-refractivity contribution < 1.29 is 35.8 Å². The van der Waals surface area contributed by atoms with Crippen LogP contribution in [-0.2, 0) is 22.4 Å². The second-order valence-electron chi connectivity index (χ2n) is 10.4. The molecular formula is C29H40INO7. The standard InChI is InChI=1S/C14H19NO3.C14H18O4.CH3I/c1-7-8(2)12-10(9(3)11(7)16)5-6-14(4,18-12)13(15)17;1-7-8(2)12-10(9(3)11(7)15)5-6-14(4,18-12)13(16)17;1-2/h16H,5-6H2,1-4H3,(H2,15,17);15H,5-6H2,1-4H3,(H,16,17);1H3/t2*14-;/m11./s1/i;;1D. The number of halogens is 1. The minimum absolute atomic E-state index is 0.286. The molecule has 0 radical (unpaired) electrons. The van der Waals surface area contributed by atoms with Gasteiger partial charge in [0, 0.05) is 25.3 Å². The van der Waals surface area contributed by atoms with E-state index in [1.807, 2.05) is 64.1 Å². The molecule has 2 aliphatic rings. The van der Waals surface area contributed by atoms with E-state index in [4.69, 9.17) is 16.6 Å². The largest absolute Gasteiger partial charge is 0.507 e. The highest BCUT2D eigenvalue weighted by Gasteiger charge is 2.41. The van der Waals surface area contributed by atoms with Gasteiger partial charge in [0.2, 0.25) is 5.60 Å². The number of phenolic OH excluding ortho intramolecular Hbond substituents is 2. The van der Waals surface area contributed by atoms with E-state index >= 15 is 0 Å². The molecule has 38 heavy (non-hydrogen) atoms. The first-order chi connectivity index (χ1) is 18.0. The molecule has 2 aromatic rings. The quantitative estimate of drug-likeness (QED) is 0.253. The summed E-state index contributed by atoms with van der Waals surface area (Å²) in [6.45, 7) is 14.4. The fourth-order valence-corrected chi connectivity index (χ4v) is 4.82. The monoisotopic (exact) mass is 642 g/mol. The second kappa shape index (κ2) is 11.6. The van der Waals surface area contributed by atoms with Crippen molar-refractivity contribution in [2.24, 2.45) is 5.73 Å². The normalized spacial score (nSPS) is 21.6. The van der Waals surface area contributed by atoms with E-state index in [9.17, 15) is 24.9 Å². The molecular weight excluding hydrogens is 601 g/mol. The predicted molar refractivity (Wildman–Crippen MR) is 156 cm³/mol. The van der Waals surface area contributed by atoms with Crippen molar-refractivity contribution in [3.8, 4) is 23.0 Å². The topological polar surface area (TPSA) is 139 Å². The summed E-state index contributed by atoms with van der Waals surface area (Å²) in [5.74, 6) is 0.535. The molecule has 2 heterocycles. The van der Waals surface area contributed by atoms with Crippen LogP contribution in [0, 0.1) is 41.5 Å². The molecule has 0 spiro atoms. The van der Waals surface area contributed by atoms with Gasteiger partial charge in [-0.3, -0.25) is 4.79 Å². The molecule has 2 aromatic carbocycles. The highest BCUT2D eigenvalue weighted by atomic mass is 127. The Balaban J connectivity index is 0.000000249. The molecule has 0 saturated carbocycles. The van der Waals surface area contributed by atoms with Gasteiger partial charge in [0.05, 0.1) is 0 Å². The van der Waals surface area contributed by atoms with Crippen molar-refractivity contribution in [1.82, 2.24) is 0 Å². The van der Waals surface area contributed by atoms with Crippen LogP contribution in [0.2, 0.25) is 0 Å². The molecule has 0 saturated heterocycles. The van der Waals surface area contributed by atoms with E-state index in [2.05, 4.69) is 0 Å². The van der Waals surface area contributed by atoms with Gasteiger partial charge in [0.25, 0.3) is 5.91 Å². The third kappa shape index (κ3) is 5.53. The van der Waals surface area contributed by atoms with E-state index in [0.29, 0.717) is 47.8 Å². The fraction of sp³-hybridized carbons (Fsp3) is 0.517. The maximum atomic E-state index is 11.5. The van der Waals surface area contributed by atoms with Crippen molar-refractivity contribution in [2.45, 2.75) is 92.3 Å². The minimum atomic E-state index is -1.17. The summed E-state index contributed by atoms with van der Waals surface area (Å²) in [5, 5.41) is 29.3. The third-order valence-corrected chi connectivity index (χ3v) is 8.01. The number of carbonyl (C=O) groups is 2. The second-order valence-corrected chi connectivity index (χ2v) is 10.4. The molecule has 4 rings (SSSR count). The molecule has 210 valence electrons. The van der Waals surface area contributed by atoms with Gasteiger partial charge in [-0.1, -0.05) is 22.6 Å². The lowest BCUT2D eigenvalue weighted by Crippen LogP contribution is -2.48. The van der Waals surface area contributed by atoms with Crippen LogP contribution in [-0.4, -0.2) is 43.3 Å². The Morgan fingerprint density at radius 1 is 0.789 bits per heavy atom. The van der Waals surface area contributed by atoms with Gasteiger partial charge in [-0.15, -0.1) is 0 Å². The zero-order valence-electron chi connectivity index (χ0n) is 24.5. The molecule has 9 heteroatoms. The van der Waals surface area contributed by atoms with Gasteiger partial charge in [0.15, 0.2) is 5.60 Å². The summed E-state index contributed by atoms with van der Waals surface area (Å²) in [4.78, 5) is 23.2. The summed E-state index contributed by atoms with van der Waals surface area (Å²) in [6, 6.07) is 0. The number of fused-ring (bicyclic) bond motifs is 2. The Bertz CT molecular complexity index is 1200. The van der Waals surface area contributed by atoms with Gasteiger partial charge < -0.3 is 30.5 Å². The number of carboxylic acids is 1. The number of ether oxygens (including phenoxy) is 2. The molecule has 2 aliphatic heterocycles. The van der Waals surface area contributed by atoms with E-state index in [-0.39, 0.29) is 5.75 Å². The highest BCUT2D eigenvalue weighted by molar-refractivity contribution is 14.1. The minimum Gasteiger partial charge on any atom is -0.507 e. The van der Waals surface area contributed by atoms with Crippen molar-refractivity contribution in [1.29, 1.82) is 0 Å². The Morgan fingerprint density at radius 2 is 1.13 bits per heavy atom. The SMILES string of the molecule is Cc1c(C)c2c(c(C)c1O)CC[C@](C)(C(=O)O)O2.Cc1c(C)c2c(c(C)c1O)CC[C@](C)(C(N)=O)O2.[2H]CI. The van der Waals surface area contributed by atoms with Gasteiger partial charge in [-0.05, 0) is 107 Å². The van der Waals surface area contributed by atoms with Crippen LogP contribution in [0.4, 0.5) is 0 Å². The molecule has 0 aromatic heterocycles. The van der Waals surface area contributed by atoms with Crippen LogP contribution in [0.1, 0.15) is 72.6 Å². The van der Waals surface area contributed by atoms with Crippen molar-refractivity contribution >= 4 is 34.5 Å². The number of alkyl halides is 1. The number of carbonyl (C=O) groups excluding carboxylic acids is 1. The lowest BCUT2D eigenvalue weighted by atomic mass is 9.87. The van der Waals surface area contributed by atoms with Gasteiger partial charge >= 0.3 is 5.97 Å². The number of benzene rings is 2. The number of aliphatic carboxylic acids is 1. The Kier molecular flexibility index (Phi) is 9.11. The third-order valence-electron chi connectivity index (χ3n) is 8.01. The number of rotatable bonds is 2. The van der Waals surface area contributed by atoms with Crippen LogP contribution in [0.25, 0.3) is 0 Å². The number of hydrogen-bond acceptors (Lipinski definition) is 6. The number of phenols is 2. The van der Waals surface area contributed by atoms with Crippen LogP contribution < -0.4 is 15.2 Å². The maximum Gasteiger partial charge on any atom is 0.347 e. The lowest BCUT2D eigenvalue weighted by Gasteiger charge is -2.35. The molecule has 0 unspecified atom stereocenters. The van der Waals surface area contributed by atoms with Crippen LogP contribution in [0.5, 0.6) is 23.0 Å². The summed E-state index contributed by atoms with van der Waals surface area (Å²) in [5.41, 5.74) is 10.0. The highest BCUT2D eigenvalue weighted by Crippen LogP contribution is 2.44. The van der Waals surface area contributed by atoms with E-state index in [0.717, 1.165) is 44.5 Å². The number of aromatic hydroxyl groups is 2. The number of hydrogen-bond donors (Lipinski definition) is 4. The van der Waals surface area contributed by atoms with Gasteiger partial charge in [0.1, 0.15) is 23.0 Å². The smallest absolute Gasteiger partial charge is 0.347 e. The van der Waals surface area contributed by atoms with E-state index < -0.39 is 23.1 Å². The summed E-state index contributed by atoms with van der Waals surface area (Å²) < 4.78 is 17.8. The molecule has 0 bridgehead atoms. The van der Waals surface area contributed by atoms with Crippen LogP contribution in [0.3, 0.4) is 0 Å². The van der Waals surface area contributed by atoms with Crippen molar-refractivity contribution in [3.05, 3.63) is 44.5 Å². The fourth-order valence-electron chi connectivity index (χ4n) is 4.82. The predicted octanol–water partition coefficient (Wildman–Crippen LogP) is 5.42. The summed E-state index contributed by atoms with van der Waals surface area (Å²) >= 11 is 1.96. The van der Waals surface area contributed by atoms with Crippen molar-refractivity contribution in [2.75, 3.05) is 4.91 Å². The summed E-state index contributed by atoms with van der Waals surface area (Å²) in [7, 11) is 0. The molecule has 1 amide bonds. The maximum absolute atomic E-state index is 11.5. The van der Waals surface area contributed by atoms with Gasteiger partial charge in [-0.25, -0.2) is 4.79 Å². The molecule has 0 fully saturated rings. The zero-order valence-corrected chi connectivity index (χ0v) is 25.6. The average Bonchev–Trinajstić information content (AvgIpc) is 2.89. The number of amides is 1.